The number of rotatable bonds is 43. The summed E-state index contributed by atoms with van der Waals surface area (Å²) in [6, 6.07) is -0.544. The van der Waals surface area contributed by atoms with Crippen molar-refractivity contribution in [2.24, 2.45) is 0 Å². The van der Waals surface area contributed by atoms with Crippen molar-refractivity contribution in [3.05, 3.63) is 85.1 Å². The molecule has 57 heavy (non-hydrogen) atoms. The molecule has 2 atom stereocenters. The lowest BCUT2D eigenvalue weighted by molar-refractivity contribution is -0.123. The van der Waals surface area contributed by atoms with E-state index in [2.05, 4.69) is 104 Å². The molecule has 0 heterocycles. The first-order chi connectivity index (χ1) is 28.2. The van der Waals surface area contributed by atoms with Crippen LogP contribution in [0.5, 0.6) is 0 Å². The molecule has 0 radical (unpaired) electrons. The molecule has 0 aliphatic heterocycles. The normalized spacial score (nSPS) is 13.7. The Bertz CT molecular complexity index is 1030. The van der Waals surface area contributed by atoms with E-state index in [1.165, 1.54) is 128 Å². The fraction of sp³-hybridized carbons (Fsp3) is 0.717. The number of carbonyl (C=O) groups excluding carboxylic acids is 1. The van der Waals surface area contributed by atoms with E-state index in [1.54, 1.807) is 0 Å². The maximum atomic E-state index is 12.4. The summed E-state index contributed by atoms with van der Waals surface area (Å²) in [5.74, 6) is -0.0412. The second kappa shape index (κ2) is 47.9. The highest BCUT2D eigenvalue weighted by Gasteiger charge is 2.20. The lowest BCUT2D eigenvalue weighted by Gasteiger charge is -2.22. The van der Waals surface area contributed by atoms with Gasteiger partial charge >= 0.3 is 0 Å². The van der Waals surface area contributed by atoms with E-state index in [9.17, 15) is 15.0 Å². The third kappa shape index (κ3) is 44.5. The van der Waals surface area contributed by atoms with Crippen molar-refractivity contribution in [2.45, 2.75) is 238 Å². The zero-order chi connectivity index (χ0) is 41.4. The van der Waals surface area contributed by atoms with Gasteiger partial charge in [0.25, 0.3) is 0 Å². The van der Waals surface area contributed by atoms with E-state index in [0.717, 1.165) is 70.6 Å². The van der Waals surface area contributed by atoms with Crippen molar-refractivity contribution in [3.8, 4) is 0 Å². The molecular weight excluding hydrogens is 699 g/mol. The van der Waals surface area contributed by atoms with Crippen LogP contribution >= 0.6 is 0 Å². The molecule has 0 spiro atoms. The van der Waals surface area contributed by atoms with E-state index >= 15 is 0 Å². The van der Waals surface area contributed by atoms with E-state index in [4.69, 9.17) is 0 Å². The number of nitrogens with one attached hydrogen (secondary N) is 1. The van der Waals surface area contributed by atoms with Gasteiger partial charge in [0.2, 0.25) is 5.91 Å². The monoisotopic (exact) mass is 792 g/mol. The smallest absolute Gasteiger partial charge is 0.220 e. The number of carbonyl (C=O) groups is 1. The molecule has 4 nitrogen and oxygen atoms in total. The van der Waals surface area contributed by atoms with Gasteiger partial charge in [0.1, 0.15) is 0 Å². The van der Waals surface area contributed by atoms with Gasteiger partial charge in [0, 0.05) is 6.42 Å². The quantitative estimate of drug-likeness (QED) is 0.0425. The van der Waals surface area contributed by atoms with Crippen LogP contribution in [0.15, 0.2) is 85.1 Å². The van der Waals surface area contributed by atoms with Gasteiger partial charge in [-0.1, -0.05) is 234 Å². The summed E-state index contributed by atoms with van der Waals surface area (Å²) in [4.78, 5) is 12.4. The summed E-state index contributed by atoms with van der Waals surface area (Å²) in [7, 11) is 0. The Morgan fingerprint density at radius 1 is 0.439 bits per heavy atom. The number of hydrogen-bond acceptors (Lipinski definition) is 3. The van der Waals surface area contributed by atoms with E-state index < -0.39 is 12.1 Å². The van der Waals surface area contributed by atoms with Gasteiger partial charge in [-0.3, -0.25) is 4.79 Å². The van der Waals surface area contributed by atoms with Crippen LogP contribution in [-0.4, -0.2) is 34.9 Å². The second-order valence-electron chi connectivity index (χ2n) is 16.2. The predicted molar refractivity (Wildman–Crippen MR) is 253 cm³/mol. The molecule has 1 amide bonds. The predicted octanol–water partition coefficient (Wildman–Crippen LogP) is 15.6. The Hall–Kier alpha value is -2.43. The molecule has 2 unspecified atom stereocenters. The van der Waals surface area contributed by atoms with E-state index in [-0.39, 0.29) is 12.5 Å². The topological polar surface area (TPSA) is 69.6 Å². The van der Waals surface area contributed by atoms with Crippen LogP contribution in [0.1, 0.15) is 226 Å². The average molecular weight is 792 g/mol. The minimum atomic E-state index is -0.666. The van der Waals surface area contributed by atoms with Gasteiger partial charge in [-0.25, -0.2) is 0 Å². The Kier molecular flexibility index (Phi) is 45.9. The highest BCUT2D eigenvalue weighted by Crippen LogP contribution is 2.15. The maximum absolute atomic E-state index is 12.4. The SMILES string of the molecule is CC/C=C\C/C=C\C/C=C\C/C=C\C/C=C\C/C=C\C/C=C\CCCCCCCCCCCC(=O)NC(CO)C(O)CCCCCCCCCCCCCCCC. The lowest BCUT2D eigenvalue weighted by atomic mass is 10.0. The summed E-state index contributed by atoms with van der Waals surface area (Å²) >= 11 is 0. The van der Waals surface area contributed by atoms with Crippen LogP contribution in [0.4, 0.5) is 0 Å². The van der Waals surface area contributed by atoms with Gasteiger partial charge in [-0.15, -0.1) is 0 Å². The Morgan fingerprint density at radius 2 is 0.772 bits per heavy atom. The second-order valence-corrected chi connectivity index (χ2v) is 16.2. The molecule has 0 rings (SSSR count). The first-order valence-corrected chi connectivity index (χ1v) is 24.3. The van der Waals surface area contributed by atoms with Crippen molar-refractivity contribution < 1.29 is 15.0 Å². The van der Waals surface area contributed by atoms with Crippen LogP contribution in [-0.2, 0) is 4.79 Å². The Labute approximate surface area is 354 Å². The third-order valence-corrected chi connectivity index (χ3v) is 10.7. The van der Waals surface area contributed by atoms with Crippen LogP contribution in [0.2, 0.25) is 0 Å². The summed E-state index contributed by atoms with van der Waals surface area (Å²) in [5.41, 5.74) is 0. The van der Waals surface area contributed by atoms with Gasteiger partial charge in [-0.2, -0.15) is 0 Å². The zero-order valence-electron chi connectivity index (χ0n) is 37.6. The van der Waals surface area contributed by atoms with Crippen LogP contribution in [0.25, 0.3) is 0 Å². The number of amides is 1. The molecule has 0 fully saturated rings. The number of aliphatic hydroxyl groups is 2. The van der Waals surface area contributed by atoms with Crippen molar-refractivity contribution in [1.29, 1.82) is 0 Å². The molecule has 0 aromatic rings. The third-order valence-electron chi connectivity index (χ3n) is 10.7. The van der Waals surface area contributed by atoms with Gasteiger partial charge in [0.05, 0.1) is 18.8 Å². The fourth-order valence-electron chi connectivity index (χ4n) is 6.99. The van der Waals surface area contributed by atoms with Crippen molar-refractivity contribution in [1.82, 2.24) is 5.32 Å². The largest absolute Gasteiger partial charge is 0.394 e. The Balaban J connectivity index is 3.57. The van der Waals surface area contributed by atoms with Crippen LogP contribution in [0, 0.1) is 0 Å². The maximum Gasteiger partial charge on any atom is 0.220 e. The zero-order valence-corrected chi connectivity index (χ0v) is 37.6. The molecule has 4 heteroatoms. The number of unbranched alkanes of at least 4 members (excludes halogenated alkanes) is 22. The van der Waals surface area contributed by atoms with Gasteiger partial charge in [-0.05, 0) is 70.6 Å². The molecule has 3 N–H and O–H groups in total. The van der Waals surface area contributed by atoms with Crippen LogP contribution in [0.3, 0.4) is 0 Å². The molecule has 0 aromatic carbocycles. The molecule has 0 aromatic heterocycles. The average Bonchev–Trinajstić information content (AvgIpc) is 3.22. The minimum absolute atomic E-state index is 0.0412. The first kappa shape index (κ1) is 54.6. The van der Waals surface area contributed by atoms with E-state index in [0.29, 0.717) is 12.8 Å². The first-order valence-electron chi connectivity index (χ1n) is 24.3. The molecule has 0 aliphatic carbocycles. The number of allylic oxidation sites excluding steroid dienone is 14. The fourth-order valence-corrected chi connectivity index (χ4v) is 6.99. The summed E-state index contributed by atoms with van der Waals surface area (Å²) in [6.07, 6.45) is 69.6. The highest BCUT2D eigenvalue weighted by atomic mass is 16.3. The summed E-state index contributed by atoms with van der Waals surface area (Å²) < 4.78 is 0. The summed E-state index contributed by atoms with van der Waals surface area (Å²) in [5, 5.41) is 23.2. The van der Waals surface area contributed by atoms with E-state index in [1.807, 2.05) is 0 Å². The molecule has 328 valence electrons. The van der Waals surface area contributed by atoms with Crippen molar-refractivity contribution in [2.75, 3.05) is 6.61 Å². The Morgan fingerprint density at radius 3 is 1.16 bits per heavy atom. The lowest BCUT2D eigenvalue weighted by Crippen LogP contribution is -2.45. The molecular formula is C53H93NO3. The molecule has 0 saturated carbocycles. The number of aliphatic hydroxyl groups excluding tert-OH is 2. The van der Waals surface area contributed by atoms with Crippen molar-refractivity contribution in [3.63, 3.8) is 0 Å². The molecule has 0 aliphatic rings. The minimum Gasteiger partial charge on any atom is -0.394 e. The van der Waals surface area contributed by atoms with Crippen molar-refractivity contribution >= 4 is 5.91 Å². The highest BCUT2D eigenvalue weighted by molar-refractivity contribution is 5.76. The van der Waals surface area contributed by atoms with Crippen LogP contribution < -0.4 is 5.32 Å². The van der Waals surface area contributed by atoms with Gasteiger partial charge in [0.15, 0.2) is 0 Å². The molecule has 0 bridgehead atoms. The summed E-state index contributed by atoms with van der Waals surface area (Å²) in [6.45, 7) is 4.24. The number of hydrogen-bond donors (Lipinski definition) is 3. The molecule has 0 saturated heterocycles. The van der Waals surface area contributed by atoms with Gasteiger partial charge < -0.3 is 15.5 Å². The standard InChI is InChI=1S/C53H93NO3/c1-3-5-7-9-11-13-15-17-19-20-21-22-23-24-25-26-27-28-29-30-31-32-33-34-35-37-39-41-43-45-47-49-53(57)54-51(50-55)52(56)48-46-44-42-40-38-36-18-16-14-12-10-8-6-4-2/h5,7,11,13,17,19,21-22,24-25,27-28,30-31,51-52,55-56H,3-4,6,8-10,12,14-16,18,20,23,26,29,32-50H2,1-2H3,(H,54,57)/b7-5-,13-11-,19-17-,22-21-,25-24-,28-27-,31-30-.